The smallest absolute Gasteiger partial charge is 0.320 e. The van der Waals surface area contributed by atoms with Gasteiger partial charge in [-0.15, -0.1) is 10.2 Å². The fraction of sp³-hybridized carbons (Fsp3) is 0.400. The molecular weight excluding hydrogens is 506 g/mol. The summed E-state index contributed by atoms with van der Waals surface area (Å²) in [6.07, 6.45) is 3.76. The summed E-state index contributed by atoms with van der Waals surface area (Å²) >= 11 is 0. The minimum Gasteiger partial charge on any atom is -0.484 e. The highest BCUT2D eigenvalue weighted by atomic mass is 16.5. The number of hydrogen-bond donors (Lipinski definition) is 2. The van der Waals surface area contributed by atoms with Gasteiger partial charge >= 0.3 is 6.03 Å². The lowest BCUT2D eigenvalue weighted by Gasteiger charge is -2.32. The average molecular weight is 542 g/mol. The van der Waals surface area contributed by atoms with E-state index in [1.807, 2.05) is 67.8 Å². The lowest BCUT2D eigenvalue weighted by atomic mass is 9.85. The summed E-state index contributed by atoms with van der Waals surface area (Å²) in [5.41, 5.74) is 3.00. The molecule has 4 aromatic rings. The number of pyridine rings is 1. The van der Waals surface area contributed by atoms with Gasteiger partial charge in [-0.05, 0) is 36.1 Å². The molecule has 1 aromatic carbocycles. The predicted molar refractivity (Wildman–Crippen MR) is 152 cm³/mol. The normalized spacial score (nSPS) is 17.2. The number of benzene rings is 1. The van der Waals surface area contributed by atoms with Crippen LogP contribution in [0.4, 0.5) is 10.6 Å². The second-order valence-corrected chi connectivity index (χ2v) is 12.2. The Morgan fingerprint density at radius 2 is 1.73 bits per heavy atom. The number of fused-ring (bicyclic) bond motifs is 2. The molecule has 10 heteroatoms. The Labute approximate surface area is 233 Å². The lowest BCUT2D eigenvalue weighted by Crippen LogP contribution is -2.36. The molecule has 2 atom stereocenters. The summed E-state index contributed by atoms with van der Waals surface area (Å²) < 4.78 is 8.47. The van der Waals surface area contributed by atoms with E-state index >= 15 is 0 Å². The molecule has 2 amide bonds. The van der Waals surface area contributed by atoms with Crippen LogP contribution in [0.5, 0.6) is 5.75 Å². The van der Waals surface area contributed by atoms with E-state index in [4.69, 9.17) is 4.74 Å². The number of anilines is 1. The SMILES string of the molecule is CC(C)(C)c1cc(NC(=O)N[C@H]2CC[C@@H](Oc3ccc4nnc(C(C)(C)C)n4c3)c3ccccc32)nc(C=O)n1. The van der Waals surface area contributed by atoms with Crippen LogP contribution in [0.15, 0.2) is 48.7 Å². The molecule has 0 radical (unpaired) electrons. The van der Waals surface area contributed by atoms with Gasteiger partial charge in [0.05, 0.1) is 17.9 Å². The Kier molecular flexibility index (Phi) is 7.03. The standard InChI is InChI=1S/C30H35N7O3/c1-29(2,3)23-15-24(33-25(17-38)32-23)34-28(39)31-21-12-13-22(20-10-8-7-9-19(20)21)40-18-11-14-26-35-36-27(30(4,5)6)37(26)16-18/h7-11,14-17,21-22H,12-13H2,1-6H3,(H2,31,32,33,34,39)/t21-,22+/m0/s1. The van der Waals surface area contributed by atoms with Crippen molar-refractivity contribution >= 4 is 23.8 Å². The highest BCUT2D eigenvalue weighted by Gasteiger charge is 2.30. The minimum atomic E-state index is -0.401. The van der Waals surface area contributed by atoms with Crippen molar-refractivity contribution in [1.29, 1.82) is 0 Å². The van der Waals surface area contributed by atoms with Crippen molar-refractivity contribution in [3.8, 4) is 5.75 Å². The predicted octanol–water partition coefficient (Wildman–Crippen LogP) is 5.70. The third-order valence-corrected chi connectivity index (χ3v) is 6.92. The van der Waals surface area contributed by atoms with Gasteiger partial charge < -0.3 is 10.1 Å². The summed E-state index contributed by atoms with van der Waals surface area (Å²) in [4.78, 5) is 32.8. The maximum absolute atomic E-state index is 13.0. The van der Waals surface area contributed by atoms with Gasteiger partial charge in [0, 0.05) is 16.9 Å². The molecule has 5 rings (SSSR count). The topological polar surface area (TPSA) is 123 Å². The van der Waals surface area contributed by atoms with Gasteiger partial charge in [0.2, 0.25) is 0 Å². The van der Waals surface area contributed by atoms with Crippen LogP contribution < -0.4 is 15.4 Å². The van der Waals surface area contributed by atoms with Gasteiger partial charge in [0.15, 0.2) is 17.8 Å². The summed E-state index contributed by atoms with van der Waals surface area (Å²) in [6.45, 7) is 12.3. The zero-order valence-corrected chi connectivity index (χ0v) is 23.7. The van der Waals surface area contributed by atoms with Gasteiger partial charge in [-0.2, -0.15) is 0 Å². The van der Waals surface area contributed by atoms with Crippen LogP contribution >= 0.6 is 0 Å². The number of aromatic nitrogens is 5. The Bertz CT molecular complexity index is 1570. The molecule has 10 nitrogen and oxygen atoms in total. The van der Waals surface area contributed by atoms with Crippen LogP contribution in [0.25, 0.3) is 5.65 Å². The first-order chi connectivity index (χ1) is 18.9. The number of nitrogens with zero attached hydrogens (tertiary/aromatic N) is 5. The number of urea groups is 1. The summed E-state index contributed by atoms with van der Waals surface area (Å²) in [6, 6.07) is 12.9. The Morgan fingerprint density at radius 3 is 2.42 bits per heavy atom. The largest absolute Gasteiger partial charge is 0.484 e. The van der Waals surface area contributed by atoms with Gasteiger partial charge in [0.1, 0.15) is 23.5 Å². The van der Waals surface area contributed by atoms with Crippen molar-refractivity contribution in [2.75, 3.05) is 5.32 Å². The second kappa shape index (κ2) is 10.3. The summed E-state index contributed by atoms with van der Waals surface area (Å²) in [5.74, 6) is 1.91. The van der Waals surface area contributed by atoms with Crippen molar-refractivity contribution in [1.82, 2.24) is 29.9 Å². The highest BCUT2D eigenvalue weighted by Crippen LogP contribution is 2.39. The van der Waals surface area contributed by atoms with Crippen molar-refractivity contribution in [2.24, 2.45) is 0 Å². The van der Waals surface area contributed by atoms with Gasteiger partial charge in [-0.1, -0.05) is 65.8 Å². The number of carbonyl (C=O) groups is 2. The first kappa shape index (κ1) is 27.2. The molecule has 1 aliphatic carbocycles. The maximum Gasteiger partial charge on any atom is 0.320 e. The number of rotatable bonds is 5. The zero-order chi connectivity index (χ0) is 28.7. The van der Waals surface area contributed by atoms with Gasteiger partial charge in [-0.25, -0.2) is 14.8 Å². The molecule has 0 saturated carbocycles. The molecule has 2 N–H and O–H groups in total. The first-order valence-corrected chi connectivity index (χ1v) is 13.5. The summed E-state index contributed by atoms with van der Waals surface area (Å²) in [7, 11) is 0. The molecule has 3 aromatic heterocycles. The van der Waals surface area contributed by atoms with E-state index in [-0.39, 0.29) is 34.6 Å². The number of amides is 2. The highest BCUT2D eigenvalue weighted by molar-refractivity contribution is 5.89. The van der Waals surface area contributed by atoms with Gasteiger partial charge in [0.25, 0.3) is 0 Å². The van der Waals surface area contributed by atoms with Crippen LogP contribution in [0, 0.1) is 0 Å². The number of nitrogens with one attached hydrogen (secondary N) is 2. The van der Waals surface area contributed by atoms with E-state index in [9.17, 15) is 9.59 Å². The number of hydrogen-bond acceptors (Lipinski definition) is 7. The number of ether oxygens (including phenoxy) is 1. The summed E-state index contributed by atoms with van der Waals surface area (Å²) in [5, 5.41) is 14.5. The Balaban J connectivity index is 1.33. The van der Waals surface area contributed by atoms with Crippen molar-refractivity contribution in [2.45, 2.75) is 77.4 Å². The molecule has 1 aliphatic rings. The zero-order valence-electron chi connectivity index (χ0n) is 23.7. The fourth-order valence-electron chi connectivity index (χ4n) is 4.92. The van der Waals surface area contributed by atoms with Crippen molar-refractivity contribution in [3.63, 3.8) is 0 Å². The van der Waals surface area contributed by atoms with Crippen LogP contribution in [0.1, 0.15) is 99.8 Å². The van der Waals surface area contributed by atoms with Crippen LogP contribution in [-0.4, -0.2) is 36.9 Å². The molecule has 0 fully saturated rings. The average Bonchev–Trinajstić information content (AvgIpc) is 3.33. The van der Waals surface area contributed by atoms with Crippen LogP contribution in [-0.2, 0) is 10.8 Å². The lowest BCUT2D eigenvalue weighted by molar-refractivity contribution is 0.111. The molecular formula is C30H35N7O3. The molecule has 0 aliphatic heterocycles. The molecule has 0 unspecified atom stereocenters. The van der Waals surface area contributed by atoms with Crippen LogP contribution in [0.3, 0.4) is 0 Å². The quantitative estimate of drug-likeness (QED) is 0.311. The molecule has 3 heterocycles. The first-order valence-electron chi connectivity index (χ1n) is 13.5. The van der Waals surface area contributed by atoms with E-state index in [2.05, 4.69) is 51.6 Å². The van der Waals surface area contributed by atoms with E-state index in [1.54, 1.807) is 6.07 Å². The molecule has 0 bridgehead atoms. The van der Waals surface area contributed by atoms with E-state index in [0.717, 1.165) is 28.3 Å². The second-order valence-electron chi connectivity index (χ2n) is 12.2. The Morgan fingerprint density at radius 1 is 0.975 bits per heavy atom. The molecule has 208 valence electrons. The monoisotopic (exact) mass is 541 g/mol. The molecule has 40 heavy (non-hydrogen) atoms. The van der Waals surface area contributed by atoms with Crippen molar-refractivity contribution in [3.05, 3.63) is 77.1 Å². The number of aldehydes is 1. The Hall–Kier alpha value is -4.34. The third kappa shape index (κ3) is 5.66. The third-order valence-electron chi connectivity index (χ3n) is 6.92. The fourth-order valence-corrected chi connectivity index (χ4v) is 4.92. The molecule has 0 saturated heterocycles. The number of carbonyl (C=O) groups excluding carboxylic acids is 2. The van der Waals surface area contributed by atoms with E-state index < -0.39 is 6.03 Å². The maximum atomic E-state index is 13.0. The minimum absolute atomic E-state index is 0.0324. The molecule has 0 spiro atoms. The van der Waals surface area contributed by atoms with E-state index in [1.165, 1.54) is 0 Å². The van der Waals surface area contributed by atoms with Crippen molar-refractivity contribution < 1.29 is 14.3 Å². The van der Waals surface area contributed by atoms with E-state index in [0.29, 0.717) is 24.8 Å². The van der Waals surface area contributed by atoms with Gasteiger partial charge in [-0.3, -0.25) is 14.5 Å². The van der Waals surface area contributed by atoms with Crippen LogP contribution in [0.2, 0.25) is 0 Å².